The lowest BCUT2D eigenvalue weighted by atomic mass is 9.72. The average Bonchev–Trinajstić information content (AvgIpc) is 2.13. The first-order valence-corrected chi connectivity index (χ1v) is 4.87. The van der Waals surface area contributed by atoms with Crippen molar-refractivity contribution in [3.63, 3.8) is 0 Å². The lowest BCUT2D eigenvalue weighted by molar-refractivity contribution is 0.0340. The fourth-order valence-electron chi connectivity index (χ4n) is 2.04. The van der Waals surface area contributed by atoms with Gasteiger partial charge < -0.3 is 5.11 Å². The number of rotatable bonds is 0. The third kappa shape index (κ3) is 1.37. The van der Waals surface area contributed by atoms with Gasteiger partial charge in [0.1, 0.15) is 0 Å². The van der Waals surface area contributed by atoms with E-state index in [1.54, 1.807) is 0 Å². The van der Waals surface area contributed by atoms with Crippen molar-refractivity contribution in [3.05, 3.63) is 35.4 Å². The molecule has 1 heteroatoms. The highest BCUT2D eigenvalue weighted by atomic mass is 16.3. The van der Waals surface area contributed by atoms with Gasteiger partial charge in [-0.2, -0.15) is 0 Å². The van der Waals surface area contributed by atoms with E-state index in [1.807, 2.05) is 18.2 Å². The molecule has 0 aliphatic heterocycles. The van der Waals surface area contributed by atoms with E-state index in [2.05, 4.69) is 19.9 Å². The number of aryl methyl sites for hydroxylation is 1. The molecule has 0 saturated carbocycles. The Balaban J connectivity index is 2.45. The van der Waals surface area contributed by atoms with Crippen LogP contribution >= 0.6 is 0 Å². The lowest BCUT2D eigenvalue weighted by Gasteiger charge is -2.36. The molecule has 0 amide bonds. The molecule has 1 aliphatic rings. The average molecular weight is 176 g/mol. The summed E-state index contributed by atoms with van der Waals surface area (Å²) in [5, 5.41) is 10.1. The zero-order valence-corrected chi connectivity index (χ0v) is 8.25. The molecule has 13 heavy (non-hydrogen) atoms. The van der Waals surface area contributed by atoms with Crippen molar-refractivity contribution in [1.82, 2.24) is 0 Å². The van der Waals surface area contributed by atoms with Crippen molar-refractivity contribution in [2.45, 2.75) is 32.8 Å². The quantitative estimate of drug-likeness (QED) is 0.644. The smallest absolute Gasteiger partial charge is 0.0843 e. The van der Waals surface area contributed by atoms with E-state index in [1.165, 1.54) is 5.56 Å². The number of aliphatic hydroxyl groups excluding tert-OH is 1. The normalized spacial score (nSPS) is 25.3. The van der Waals surface area contributed by atoms with Gasteiger partial charge in [-0.15, -0.1) is 0 Å². The van der Waals surface area contributed by atoms with Gasteiger partial charge in [0.15, 0.2) is 0 Å². The van der Waals surface area contributed by atoms with Crippen molar-refractivity contribution in [3.8, 4) is 0 Å². The van der Waals surface area contributed by atoms with Crippen LogP contribution in [0.4, 0.5) is 0 Å². The van der Waals surface area contributed by atoms with E-state index in [9.17, 15) is 5.11 Å². The predicted octanol–water partition coefficient (Wildman–Crippen LogP) is 2.69. The largest absolute Gasteiger partial charge is 0.388 e. The number of benzene rings is 1. The standard InChI is InChI=1S/C12H16O/c1-12(2)8-7-9-5-3-4-6-10(9)11(12)13/h3-6,11,13H,7-8H2,1-2H3/t11-/m0/s1. The fraction of sp³-hybridized carbons (Fsp3) is 0.500. The number of aliphatic hydroxyl groups is 1. The molecule has 1 aromatic rings. The maximum atomic E-state index is 10.1. The van der Waals surface area contributed by atoms with Gasteiger partial charge in [0.05, 0.1) is 6.10 Å². The Morgan fingerprint density at radius 1 is 1.31 bits per heavy atom. The maximum Gasteiger partial charge on any atom is 0.0843 e. The summed E-state index contributed by atoms with van der Waals surface area (Å²) in [7, 11) is 0. The number of hydrogen-bond donors (Lipinski definition) is 1. The molecule has 0 bridgehead atoms. The second-order valence-corrected chi connectivity index (χ2v) is 4.59. The molecule has 0 aromatic heterocycles. The summed E-state index contributed by atoms with van der Waals surface area (Å²) in [4.78, 5) is 0. The molecule has 1 atom stereocenters. The molecule has 0 radical (unpaired) electrons. The molecule has 1 nitrogen and oxygen atoms in total. The summed E-state index contributed by atoms with van der Waals surface area (Å²) < 4.78 is 0. The van der Waals surface area contributed by atoms with Gasteiger partial charge >= 0.3 is 0 Å². The fourth-order valence-corrected chi connectivity index (χ4v) is 2.04. The van der Waals surface area contributed by atoms with Gasteiger partial charge in [0.25, 0.3) is 0 Å². The van der Waals surface area contributed by atoms with Crippen LogP contribution in [-0.2, 0) is 6.42 Å². The molecule has 2 rings (SSSR count). The highest BCUT2D eigenvalue weighted by molar-refractivity contribution is 5.32. The Kier molecular flexibility index (Phi) is 1.92. The van der Waals surface area contributed by atoms with Gasteiger partial charge in [0, 0.05) is 0 Å². The molecule has 0 spiro atoms. The summed E-state index contributed by atoms with van der Waals surface area (Å²) in [5.74, 6) is 0. The van der Waals surface area contributed by atoms with Crippen molar-refractivity contribution < 1.29 is 5.11 Å². The van der Waals surface area contributed by atoms with E-state index < -0.39 is 0 Å². The summed E-state index contributed by atoms with van der Waals surface area (Å²) in [5.41, 5.74) is 2.47. The zero-order chi connectivity index (χ0) is 9.47. The Morgan fingerprint density at radius 3 is 2.77 bits per heavy atom. The minimum atomic E-state index is -0.294. The van der Waals surface area contributed by atoms with Crippen LogP contribution in [0.5, 0.6) is 0 Å². The van der Waals surface area contributed by atoms with Gasteiger partial charge in [0.2, 0.25) is 0 Å². The van der Waals surface area contributed by atoms with Crippen LogP contribution in [-0.4, -0.2) is 5.11 Å². The van der Waals surface area contributed by atoms with Gasteiger partial charge in [-0.25, -0.2) is 0 Å². The van der Waals surface area contributed by atoms with Crippen LogP contribution in [0.2, 0.25) is 0 Å². The van der Waals surface area contributed by atoms with E-state index in [4.69, 9.17) is 0 Å². The van der Waals surface area contributed by atoms with Crippen LogP contribution in [0.1, 0.15) is 37.5 Å². The molecule has 0 fully saturated rings. The second-order valence-electron chi connectivity index (χ2n) is 4.59. The Labute approximate surface area is 79.4 Å². The van der Waals surface area contributed by atoms with E-state index >= 15 is 0 Å². The predicted molar refractivity (Wildman–Crippen MR) is 53.5 cm³/mol. The molecule has 70 valence electrons. The van der Waals surface area contributed by atoms with Crippen LogP contribution < -0.4 is 0 Å². The Hall–Kier alpha value is -0.820. The van der Waals surface area contributed by atoms with E-state index in [-0.39, 0.29) is 11.5 Å². The molecular formula is C12H16O. The first-order valence-electron chi connectivity index (χ1n) is 4.87. The third-order valence-corrected chi connectivity index (χ3v) is 3.13. The van der Waals surface area contributed by atoms with Crippen molar-refractivity contribution in [1.29, 1.82) is 0 Å². The topological polar surface area (TPSA) is 20.2 Å². The zero-order valence-electron chi connectivity index (χ0n) is 8.25. The molecular weight excluding hydrogens is 160 g/mol. The van der Waals surface area contributed by atoms with Gasteiger partial charge in [-0.3, -0.25) is 0 Å². The molecule has 1 aromatic carbocycles. The highest BCUT2D eigenvalue weighted by Crippen LogP contribution is 2.42. The summed E-state index contributed by atoms with van der Waals surface area (Å²) in [6.07, 6.45) is 1.88. The molecule has 0 heterocycles. The molecule has 1 aliphatic carbocycles. The minimum Gasteiger partial charge on any atom is -0.388 e. The third-order valence-electron chi connectivity index (χ3n) is 3.13. The molecule has 0 unspecified atom stereocenters. The molecule has 0 saturated heterocycles. The summed E-state index contributed by atoms with van der Waals surface area (Å²) in [6, 6.07) is 8.21. The first kappa shape index (κ1) is 8.76. The van der Waals surface area contributed by atoms with Gasteiger partial charge in [-0.05, 0) is 29.4 Å². The van der Waals surface area contributed by atoms with Crippen molar-refractivity contribution in [2.24, 2.45) is 5.41 Å². The maximum absolute atomic E-state index is 10.1. The second kappa shape index (κ2) is 2.85. The number of hydrogen-bond acceptors (Lipinski definition) is 1. The van der Waals surface area contributed by atoms with Crippen molar-refractivity contribution >= 4 is 0 Å². The summed E-state index contributed by atoms with van der Waals surface area (Å²) >= 11 is 0. The van der Waals surface area contributed by atoms with Crippen molar-refractivity contribution in [2.75, 3.05) is 0 Å². The Bertz CT molecular complexity index is 315. The lowest BCUT2D eigenvalue weighted by Crippen LogP contribution is -2.27. The monoisotopic (exact) mass is 176 g/mol. The van der Waals surface area contributed by atoms with Crippen LogP contribution in [0.3, 0.4) is 0 Å². The SMILES string of the molecule is CC1(C)CCc2ccccc2[C@@H]1O. The summed E-state index contributed by atoms with van der Waals surface area (Å²) in [6.45, 7) is 4.27. The number of fused-ring (bicyclic) bond motifs is 1. The van der Waals surface area contributed by atoms with E-state index in [0.717, 1.165) is 18.4 Å². The highest BCUT2D eigenvalue weighted by Gasteiger charge is 2.33. The minimum absolute atomic E-state index is 0.0361. The molecule has 1 N–H and O–H groups in total. The van der Waals surface area contributed by atoms with Crippen LogP contribution in [0, 0.1) is 5.41 Å². The van der Waals surface area contributed by atoms with Crippen LogP contribution in [0.15, 0.2) is 24.3 Å². The van der Waals surface area contributed by atoms with Crippen LogP contribution in [0.25, 0.3) is 0 Å². The Morgan fingerprint density at radius 2 is 2.00 bits per heavy atom. The first-order chi connectivity index (χ1) is 6.11. The van der Waals surface area contributed by atoms with Gasteiger partial charge in [-0.1, -0.05) is 38.1 Å². The van der Waals surface area contributed by atoms with E-state index in [0.29, 0.717) is 0 Å².